The van der Waals surface area contributed by atoms with Crippen molar-refractivity contribution in [2.45, 2.75) is 69.9 Å². The fraction of sp³-hybridized carbons (Fsp3) is 0.531. The number of halogens is 3. The van der Waals surface area contributed by atoms with E-state index in [0.29, 0.717) is 37.2 Å². The number of carbonyl (C=O) groups excluding carboxylic acids is 1. The van der Waals surface area contributed by atoms with Gasteiger partial charge in [0, 0.05) is 62.7 Å². The standard InChI is InChI=1S/C32H38F3N5O2/c1-4-42-28-18-22-17-23(32(33,34)35)9-10-24(22)29(28)40-16-15-39(20-21(40)2)31(3)11-13-38(14-12-31)30(41)26-19-36-37-27-8-6-5-7-25(26)27/h5-10,17,19,21,28-29H,4,11-16,18,20H2,1-3H3/t21-,28-,29-/m0/s1. The summed E-state index contributed by atoms with van der Waals surface area (Å²) in [5, 5.41) is 9.03. The number of nitrogens with zero attached hydrogens (tertiary/aromatic N) is 5. The topological polar surface area (TPSA) is 61.8 Å². The first kappa shape index (κ1) is 29.0. The average Bonchev–Trinajstić information content (AvgIpc) is 3.33. The van der Waals surface area contributed by atoms with Crippen molar-refractivity contribution < 1.29 is 22.7 Å². The van der Waals surface area contributed by atoms with Crippen LogP contribution in [0, 0.1) is 0 Å². The maximum atomic E-state index is 13.5. The molecule has 10 heteroatoms. The van der Waals surface area contributed by atoms with E-state index in [2.05, 4.69) is 33.8 Å². The third-order valence-electron chi connectivity index (χ3n) is 9.65. The van der Waals surface area contributed by atoms with Crippen LogP contribution in [0.25, 0.3) is 10.9 Å². The van der Waals surface area contributed by atoms with E-state index in [4.69, 9.17) is 4.74 Å². The second-order valence-electron chi connectivity index (χ2n) is 12.2. The number of carbonyl (C=O) groups is 1. The van der Waals surface area contributed by atoms with Crippen LogP contribution in [0.4, 0.5) is 13.2 Å². The van der Waals surface area contributed by atoms with E-state index in [-0.39, 0.29) is 29.6 Å². The molecule has 0 bridgehead atoms. The molecular formula is C32H38F3N5O2. The van der Waals surface area contributed by atoms with E-state index in [1.54, 1.807) is 12.3 Å². The third kappa shape index (κ3) is 5.29. The minimum atomic E-state index is -4.36. The number of amides is 1. The van der Waals surface area contributed by atoms with Gasteiger partial charge in [-0.1, -0.05) is 24.3 Å². The molecule has 2 aliphatic heterocycles. The maximum absolute atomic E-state index is 13.5. The molecule has 0 unspecified atom stereocenters. The van der Waals surface area contributed by atoms with Gasteiger partial charge < -0.3 is 9.64 Å². The Morgan fingerprint density at radius 2 is 1.86 bits per heavy atom. The lowest BCUT2D eigenvalue weighted by molar-refractivity contribution is -0.137. The third-order valence-corrected chi connectivity index (χ3v) is 9.65. The average molecular weight is 582 g/mol. The van der Waals surface area contributed by atoms with Crippen LogP contribution in [-0.2, 0) is 17.3 Å². The summed E-state index contributed by atoms with van der Waals surface area (Å²) in [4.78, 5) is 20.4. The molecule has 3 aromatic rings. The summed E-state index contributed by atoms with van der Waals surface area (Å²) in [5.74, 6) is -0.00289. The Hall–Kier alpha value is -3.08. The Balaban J connectivity index is 1.13. The molecule has 3 aliphatic rings. The predicted octanol–water partition coefficient (Wildman–Crippen LogP) is 5.35. The smallest absolute Gasteiger partial charge is 0.376 e. The van der Waals surface area contributed by atoms with Gasteiger partial charge in [0.15, 0.2) is 0 Å². The van der Waals surface area contributed by atoms with Gasteiger partial charge in [-0.15, -0.1) is 0 Å². The Morgan fingerprint density at radius 1 is 1.10 bits per heavy atom. The van der Waals surface area contributed by atoms with E-state index < -0.39 is 11.7 Å². The molecule has 2 fully saturated rings. The highest BCUT2D eigenvalue weighted by molar-refractivity contribution is 6.05. The molecule has 0 spiro atoms. The lowest BCUT2D eigenvalue weighted by Gasteiger charge is -2.53. The van der Waals surface area contributed by atoms with Crippen LogP contribution in [0.1, 0.15) is 66.7 Å². The van der Waals surface area contributed by atoms with E-state index in [1.807, 2.05) is 36.1 Å². The summed E-state index contributed by atoms with van der Waals surface area (Å²) in [7, 11) is 0. The van der Waals surface area contributed by atoms with Crippen LogP contribution in [0.3, 0.4) is 0 Å². The summed E-state index contributed by atoms with van der Waals surface area (Å²) in [6.45, 7) is 10.8. The van der Waals surface area contributed by atoms with E-state index in [9.17, 15) is 18.0 Å². The Kier molecular flexibility index (Phi) is 7.74. The van der Waals surface area contributed by atoms with Gasteiger partial charge in [0.05, 0.1) is 35.0 Å². The molecule has 0 saturated carbocycles. The quantitative estimate of drug-likeness (QED) is 0.405. The lowest BCUT2D eigenvalue weighted by atomic mass is 9.86. The monoisotopic (exact) mass is 581 g/mol. The van der Waals surface area contributed by atoms with Crippen LogP contribution in [0.5, 0.6) is 0 Å². The highest BCUT2D eigenvalue weighted by Gasteiger charge is 2.45. The van der Waals surface area contributed by atoms with Crippen LogP contribution in [0.15, 0.2) is 48.7 Å². The number of hydrogen-bond acceptors (Lipinski definition) is 6. The van der Waals surface area contributed by atoms with E-state index in [0.717, 1.165) is 49.0 Å². The van der Waals surface area contributed by atoms with Crippen molar-refractivity contribution in [3.8, 4) is 0 Å². The molecule has 1 aliphatic carbocycles. The van der Waals surface area contributed by atoms with Gasteiger partial charge in [-0.3, -0.25) is 14.6 Å². The number of alkyl halides is 3. The molecule has 42 heavy (non-hydrogen) atoms. The number of piperazine rings is 1. The maximum Gasteiger partial charge on any atom is 0.416 e. The van der Waals surface area contributed by atoms with Crippen LogP contribution < -0.4 is 0 Å². The van der Waals surface area contributed by atoms with Crippen LogP contribution in [-0.4, -0.2) is 87.8 Å². The SMILES string of the molecule is CCO[C@H]1Cc2cc(C(F)(F)F)ccc2[C@@H]1N1CCN(C2(C)CCN(C(=O)c3cnnc4ccccc34)CC2)C[C@@H]1C. The molecule has 224 valence electrons. The fourth-order valence-corrected chi connectivity index (χ4v) is 7.26. The summed E-state index contributed by atoms with van der Waals surface area (Å²) < 4.78 is 46.3. The zero-order valence-corrected chi connectivity index (χ0v) is 24.4. The van der Waals surface area contributed by atoms with Gasteiger partial charge in [0.1, 0.15) is 0 Å². The zero-order chi connectivity index (χ0) is 29.6. The zero-order valence-electron chi connectivity index (χ0n) is 24.4. The molecule has 3 atom stereocenters. The first-order valence-corrected chi connectivity index (χ1v) is 14.9. The van der Waals surface area contributed by atoms with Gasteiger partial charge in [-0.2, -0.15) is 23.4 Å². The van der Waals surface area contributed by atoms with Gasteiger partial charge in [0.25, 0.3) is 5.91 Å². The number of benzene rings is 2. The molecule has 3 heterocycles. The van der Waals surface area contributed by atoms with Crippen molar-refractivity contribution in [2.24, 2.45) is 0 Å². The van der Waals surface area contributed by atoms with Crippen LogP contribution in [0.2, 0.25) is 0 Å². The van der Waals surface area contributed by atoms with Crippen molar-refractivity contribution >= 4 is 16.8 Å². The van der Waals surface area contributed by atoms with Gasteiger partial charge in [-0.25, -0.2) is 0 Å². The number of fused-ring (bicyclic) bond motifs is 2. The van der Waals surface area contributed by atoms with Crippen molar-refractivity contribution in [3.05, 3.63) is 70.9 Å². The second kappa shape index (κ2) is 11.2. The molecule has 6 rings (SSSR count). The van der Waals surface area contributed by atoms with E-state index >= 15 is 0 Å². The van der Waals surface area contributed by atoms with Crippen molar-refractivity contribution in [1.29, 1.82) is 0 Å². The summed E-state index contributed by atoms with van der Waals surface area (Å²) in [6, 6.07) is 11.9. The second-order valence-corrected chi connectivity index (χ2v) is 12.2. The number of ether oxygens (including phenoxy) is 1. The van der Waals surface area contributed by atoms with Crippen molar-refractivity contribution in [3.63, 3.8) is 0 Å². The van der Waals surface area contributed by atoms with Crippen molar-refractivity contribution in [2.75, 3.05) is 39.3 Å². The molecule has 7 nitrogen and oxygen atoms in total. The molecule has 0 N–H and O–H groups in total. The predicted molar refractivity (Wildman–Crippen MR) is 154 cm³/mol. The molecular weight excluding hydrogens is 543 g/mol. The molecule has 1 aromatic heterocycles. The minimum absolute atomic E-state index is 0.00289. The van der Waals surface area contributed by atoms with E-state index in [1.165, 1.54) is 12.1 Å². The largest absolute Gasteiger partial charge is 0.416 e. The Labute approximate surface area is 244 Å². The minimum Gasteiger partial charge on any atom is -0.376 e. The van der Waals surface area contributed by atoms with Gasteiger partial charge in [0.2, 0.25) is 0 Å². The summed E-state index contributed by atoms with van der Waals surface area (Å²) >= 11 is 0. The van der Waals surface area contributed by atoms with Crippen molar-refractivity contribution in [1.82, 2.24) is 24.9 Å². The highest BCUT2D eigenvalue weighted by atomic mass is 19.4. The molecule has 1 amide bonds. The molecule has 0 radical (unpaired) electrons. The number of piperidine rings is 1. The Bertz CT molecular complexity index is 1450. The number of rotatable bonds is 5. The number of likely N-dealkylation sites (tertiary alicyclic amines) is 1. The number of hydrogen-bond donors (Lipinski definition) is 0. The summed E-state index contributed by atoms with van der Waals surface area (Å²) in [5.41, 5.74) is 2.37. The molecule has 2 saturated heterocycles. The Morgan fingerprint density at radius 3 is 2.57 bits per heavy atom. The van der Waals surface area contributed by atoms with Gasteiger partial charge >= 0.3 is 6.18 Å². The molecule has 2 aromatic carbocycles. The fourth-order valence-electron chi connectivity index (χ4n) is 7.26. The first-order valence-electron chi connectivity index (χ1n) is 14.9. The normalized spacial score (nSPS) is 25.1. The first-order chi connectivity index (χ1) is 20.1. The summed E-state index contributed by atoms with van der Waals surface area (Å²) in [6.07, 6.45) is -0.710. The highest BCUT2D eigenvalue weighted by Crippen LogP contribution is 2.43. The van der Waals surface area contributed by atoms with Gasteiger partial charge in [-0.05, 0) is 62.9 Å². The lowest BCUT2D eigenvalue weighted by Crippen LogP contribution is -2.62. The number of aromatic nitrogens is 2. The van der Waals surface area contributed by atoms with Crippen LogP contribution >= 0.6 is 0 Å².